The molecule has 0 amide bonds. The number of hydrogen-bond donors (Lipinski definition) is 0. The van der Waals surface area contributed by atoms with Gasteiger partial charge in [-0.2, -0.15) is 0 Å². The Morgan fingerprint density at radius 2 is 2.19 bits per heavy atom. The van der Waals surface area contributed by atoms with Crippen molar-refractivity contribution < 1.29 is 9.18 Å². The molecule has 0 fully saturated rings. The van der Waals surface area contributed by atoms with Gasteiger partial charge in [-0.05, 0) is 19.1 Å². The normalized spacial score (nSPS) is 10.7. The van der Waals surface area contributed by atoms with Crippen LogP contribution in [0.1, 0.15) is 22.8 Å². The van der Waals surface area contributed by atoms with E-state index in [1.807, 2.05) is 0 Å². The summed E-state index contributed by atoms with van der Waals surface area (Å²) < 4.78 is 15.3. The first-order valence-electron chi connectivity index (χ1n) is 4.96. The van der Waals surface area contributed by atoms with Gasteiger partial charge < -0.3 is 4.57 Å². The summed E-state index contributed by atoms with van der Waals surface area (Å²) in [6.45, 7) is 5.05. The number of Topliss-reactive ketones (excluding diaryl/α,β-unsaturated/α-hetero) is 1. The van der Waals surface area contributed by atoms with Gasteiger partial charge in [0.15, 0.2) is 5.78 Å². The lowest BCUT2D eigenvalue weighted by atomic mass is 10.1. The number of carbonyl (C=O) groups excluding carboxylic acids is 1. The highest BCUT2D eigenvalue weighted by molar-refractivity contribution is 6.07. The van der Waals surface area contributed by atoms with Crippen LogP contribution in [-0.4, -0.2) is 10.4 Å². The van der Waals surface area contributed by atoms with Crippen molar-refractivity contribution in [2.24, 2.45) is 7.05 Å². The number of aryl methyl sites for hydroxylation is 1. The predicted molar refractivity (Wildman–Crippen MR) is 63.0 cm³/mol. The molecule has 2 rings (SSSR count). The zero-order valence-electron chi connectivity index (χ0n) is 9.25. The number of benzene rings is 1. The number of nitrogens with zero attached hydrogens (tertiary/aromatic N) is 1. The zero-order valence-corrected chi connectivity index (χ0v) is 9.25. The second kappa shape index (κ2) is 3.59. The van der Waals surface area contributed by atoms with Crippen molar-refractivity contribution in [1.82, 2.24) is 4.57 Å². The van der Waals surface area contributed by atoms with Crippen LogP contribution in [0.15, 0.2) is 24.9 Å². The summed E-state index contributed by atoms with van der Waals surface area (Å²) in [5.41, 5.74) is 1.75. The number of hydrogen-bond acceptors (Lipinski definition) is 1. The predicted octanol–water partition coefficient (Wildman–Crippen LogP) is 3.16. The maximum atomic E-state index is 13.5. The molecule has 2 nitrogen and oxygen atoms in total. The van der Waals surface area contributed by atoms with Gasteiger partial charge >= 0.3 is 0 Å². The highest BCUT2D eigenvalue weighted by Gasteiger charge is 2.12. The summed E-state index contributed by atoms with van der Waals surface area (Å²) in [5.74, 6) is -0.342. The lowest BCUT2D eigenvalue weighted by molar-refractivity contribution is 0.101. The monoisotopic (exact) mass is 217 g/mol. The Kier molecular flexibility index (Phi) is 2.38. The maximum absolute atomic E-state index is 13.5. The van der Waals surface area contributed by atoms with E-state index in [1.54, 1.807) is 23.9 Å². The molecule has 0 aliphatic heterocycles. The number of fused-ring (bicyclic) bond motifs is 1. The average molecular weight is 217 g/mol. The van der Waals surface area contributed by atoms with Crippen molar-refractivity contribution in [3.05, 3.63) is 41.9 Å². The van der Waals surface area contributed by atoms with E-state index in [4.69, 9.17) is 0 Å². The fourth-order valence-electron chi connectivity index (χ4n) is 1.86. The minimum atomic E-state index is -0.321. The maximum Gasteiger partial charge on any atom is 0.161 e. The molecule has 0 spiro atoms. The summed E-state index contributed by atoms with van der Waals surface area (Å²) in [5, 5.41) is 0.770. The van der Waals surface area contributed by atoms with Gasteiger partial charge in [-0.1, -0.05) is 12.7 Å². The third kappa shape index (κ3) is 1.45. The molecule has 3 heteroatoms. The van der Waals surface area contributed by atoms with E-state index in [0.29, 0.717) is 16.6 Å². The van der Waals surface area contributed by atoms with E-state index in [1.165, 1.54) is 19.1 Å². The molecular formula is C13H12FNO. The molecule has 16 heavy (non-hydrogen) atoms. The van der Waals surface area contributed by atoms with Crippen LogP contribution in [0.2, 0.25) is 0 Å². The molecule has 2 aromatic rings. The minimum absolute atomic E-state index is 0.0211. The minimum Gasteiger partial charge on any atom is -0.350 e. The third-order valence-corrected chi connectivity index (χ3v) is 2.71. The molecule has 0 unspecified atom stereocenters. The molecule has 0 aliphatic carbocycles. The molecule has 0 saturated heterocycles. The van der Waals surface area contributed by atoms with Crippen molar-refractivity contribution in [1.29, 1.82) is 0 Å². The van der Waals surface area contributed by atoms with Crippen LogP contribution in [0.5, 0.6) is 0 Å². The largest absolute Gasteiger partial charge is 0.350 e. The van der Waals surface area contributed by atoms with Crippen molar-refractivity contribution in [3.63, 3.8) is 0 Å². The van der Waals surface area contributed by atoms with Crippen LogP contribution in [-0.2, 0) is 7.05 Å². The number of carbonyl (C=O) groups is 1. The molecule has 1 aromatic carbocycles. The molecule has 0 saturated carbocycles. The average Bonchev–Trinajstić information content (AvgIpc) is 2.55. The van der Waals surface area contributed by atoms with Crippen molar-refractivity contribution in [2.45, 2.75) is 6.92 Å². The van der Waals surface area contributed by atoms with Crippen molar-refractivity contribution in [3.8, 4) is 0 Å². The lowest BCUT2D eigenvalue weighted by Crippen LogP contribution is -1.90. The first kappa shape index (κ1) is 10.6. The van der Waals surface area contributed by atoms with Gasteiger partial charge in [-0.3, -0.25) is 4.79 Å². The quantitative estimate of drug-likeness (QED) is 0.708. The smallest absolute Gasteiger partial charge is 0.161 e. The molecule has 1 heterocycles. The van der Waals surface area contributed by atoms with E-state index in [-0.39, 0.29) is 11.6 Å². The highest BCUT2D eigenvalue weighted by atomic mass is 19.1. The summed E-state index contributed by atoms with van der Waals surface area (Å²) in [6.07, 6.45) is 3.17. The number of ketones is 1. The number of halogens is 1. The first-order chi connectivity index (χ1) is 7.54. The highest BCUT2D eigenvalue weighted by Crippen LogP contribution is 2.25. The Hall–Kier alpha value is -1.90. The molecule has 0 N–H and O–H groups in total. The fraction of sp³-hybridized carbons (Fsp3) is 0.154. The topological polar surface area (TPSA) is 22.0 Å². The summed E-state index contributed by atoms with van der Waals surface area (Å²) in [7, 11) is 1.79. The Morgan fingerprint density at radius 3 is 2.75 bits per heavy atom. The molecule has 0 aliphatic rings. The van der Waals surface area contributed by atoms with Gasteiger partial charge in [0.1, 0.15) is 5.82 Å². The molecule has 0 atom stereocenters. The van der Waals surface area contributed by atoms with Gasteiger partial charge in [0.2, 0.25) is 0 Å². The Morgan fingerprint density at radius 1 is 1.50 bits per heavy atom. The third-order valence-electron chi connectivity index (χ3n) is 2.71. The fourth-order valence-corrected chi connectivity index (χ4v) is 1.86. The number of aromatic nitrogens is 1. The van der Waals surface area contributed by atoms with Crippen LogP contribution < -0.4 is 0 Å². The standard InChI is InChI=1S/C13H12FNO/c1-4-9-5-10-11(8(2)16)7-15(3)13(10)6-12(9)14/h4-7H,1H2,2-3H3. The van der Waals surface area contributed by atoms with Crippen LogP contribution in [0.4, 0.5) is 4.39 Å². The number of rotatable bonds is 2. The van der Waals surface area contributed by atoms with Gasteiger partial charge in [-0.25, -0.2) is 4.39 Å². The van der Waals surface area contributed by atoms with Crippen molar-refractivity contribution >= 4 is 22.8 Å². The molecular weight excluding hydrogens is 205 g/mol. The zero-order chi connectivity index (χ0) is 11.9. The van der Waals surface area contributed by atoms with E-state index in [0.717, 1.165) is 5.39 Å². The van der Waals surface area contributed by atoms with Crippen LogP contribution >= 0.6 is 0 Å². The van der Waals surface area contributed by atoms with E-state index >= 15 is 0 Å². The summed E-state index contributed by atoms with van der Waals surface area (Å²) in [6, 6.07) is 3.09. The SMILES string of the molecule is C=Cc1cc2c(C(C)=O)cn(C)c2cc1F. The Balaban J connectivity index is 2.88. The Bertz CT molecular complexity index is 595. The van der Waals surface area contributed by atoms with E-state index in [9.17, 15) is 9.18 Å². The first-order valence-corrected chi connectivity index (χ1v) is 4.96. The molecule has 1 aromatic heterocycles. The van der Waals surface area contributed by atoms with Crippen LogP contribution in [0, 0.1) is 5.82 Å². The lowest BCUT2D eigenvalue weighted by Gasteiger charge is -2.00. The second-order valence-corrected chi connectivity index (χ2v) is 3.80. The van der Waals surface area contributed by atoms with E-state index < -0.39 is 0 Å². The molecule has 82 valence electrons. The summed E-state index contributed by atoms with van der Waals surface area (Å²) >= 11 is 0. The van der Waals surface area contributed by atoms with Crippen LogP contribution in [0.25, 0.3) is 17.0 Å². The molecule has 0 bridgehead atoms. The summed E-state index contributed by atoms with van der Waals surface area (Å²) in [4.78, 5) is 11.4. The van der Waals surface area contributed by atoms with Gasteiger partial charge in [0.05, 0.1) is 5.52 Å². The second-order valence-electron chi connectivity index (χ2n) is 3.80. The van der Waals surface area contributed by atoms with Gasteiger partial charge in [-0.15, -0.1) is 0 Å². The van der Waals surface area contributed by atoms with Crippen molar-refractivity contribution in [2.75, 3.05) is 0 Å². The van der Waals surface area contributed by atoms with Crippen LogP contribution in [0.3, 0.4) is 0 Å². The van der Waals surface area contributed by atoms with Gasteiger partial charge in [0.25, 0.3) is 0 Å². The molecule has 0 radical (unpaired) electrons. The Labute approximate surface area is 93.0 Å². The van der Waals surface area contributed by atoms with Gasteiger partial charge in [0, 0.05) is 29.8 Å². The van der Waals surface area contributed by atoms with E-state index in [2.05, 4.69) is 6.58 Å².